The molecule has 0 spiro atoms. The highest BCUT2D eigenvalue weighted by Gasteiger charge is 2.29. The monoisotopic (exact) mass is 477 g/mol. The first kappa shape index (κ1) is 22.5. The van der Waals surface area contributed by atoms with Crippen LogP contribution in [0.3, 0.4) is 0 Å². The van der Waals surface area contributed by atoms with Crippen molar-refractivity contribution < 1.29 is 13.2 Å². The highest BCUT2D eigenvalue weighted by Crippen LogP contribution is 2.28. The Hall–Kier alpha value is -3.68. The lowest BCUT2D eigenvalue weighted by Crippen LogP contribution is -2.26. The van der Waals surface area contributed by atoms with Gasteiger partial charge in [0.25, 0.3) is 10.0 Å². The Morgan fingerprint density at radius 3 is 1.91 bits per heavy atom. The first-order valence-corrected chi connectivity index (χ1v) is 11.9. The number of para-hydroxylation sites is 2. The second-order valence-corrected chi connectivity index (χ2v) is 9.30. The molecule has 6 nitrogen and oxygen atoms in total. The van der Waals surface area contributed by atoms with Crippen molar-refractivity contribution in [2.24, 2.45) is 4.40 Å². The molecule has 0 aliphatic heterocycles. The van der Waals surface area contributed by atoms with Crippen LogP contribution in [0, 0.1) is 6.92 Å². The van der Waals surface area contributed by atoms with E-state index in [9.17, 15) is 13.2 Å². The maximum atomic E-state index is 13.0. The molecule has 3 aromatic rings. The number of ketones is 1. The number of hydrogen-bond donors (Lipinski definition) is 2. The van der Waals surface area contributed by atoms with Crippen LogP contribution in [0.4, 0.5) is 11.4 Å². The molecule has 0 saturated heterocycles. The number of carbonyl (C=O) groups is 1. The SMILES string of the molecule is Cc1ccc(S(=O)(=O)N=C2C=C(Nc3ccccc3)C(Nc3ccccc3)=C(Cl)C2=O)cc1. The smallest absolute Gasteiger partial charge is 0.282 e. The fraction of sp³-hybridized carbons (Fsp3) is 0.0400. The van der Waals surface area contributed by atoms with Crippen LogP contribution in [0.5, 0.6) is 0 Å². The number of anilines is 2. The maximum Gasteiger partial charge on any atom is 0.282 e. The highest BCUT2D eigenvalue weighted by molar-refractivity contribution is 7.90. The minimum atomic E-state index is -4.11. The number of carbonyl (C=O) groups excluding carboxylic acids is 1. The minimum absolute atomic E-state index is 0.00678. The van der Waals surface area contributed by atoms with Gasteiger partial charge in [-0.2, -0.15) is 12.8 Å². The van der Waals surface area contributed by atoms with Crippen molar-refractivity contribution in [2.75, 3.05) is 10.6 Å². The predicted octanol–water partition coefficient (Wildman–Crippen LogP) is 5.27. The van der Waals surface area contributed by atoms with Crippen molar-refractivity contribution in [3.05, 3.63) is 113 Å². The summed E-state index contributed by atoms with van der Waals surface area (Å²) in [7, 11) is -4.11. The number of benzene rings is 3. The number of nitrogens with one attached hydrogen (secondary N) is 2. The molecule has 1 aliphatic rings. The van der Waals surface area contributed by atoms with Gasteiger partial charge in [-0.05, 0) is 49.4 Å². The van der Waals surface area contributed by atoms with Crippen LogP contribution >= 0.6 is 11.6 Å². The number of nitrogens with zero attached hydrogens (tertiary/aromatic N) is 1. The fourth-order valence-corrected chi connectivity index (χ4v) is 4.37. The molecule has 0 unspecified atom stereocenters. The number of hydrogen-bond acceptors (Lipinski definition) is 5. The minimum Gasteiger partial charge on any atom is -0.354 e. The summed E-state index contributed by atoms with van der Waals surface area (Å²) in [5, 5.41) is 6.17. The largest absolute Gasteiger partial charge is 0.354 e. The summed E-state index contributed by atoms with van der Waals surface area (Å²) in [6, 6.07) is 24.7. The Morgan fingerprint density at radius 2 is 1.33 bits per heavy atom. The second kappa shape index (κ2) is 9.44. The molecule has 3 aromatic carbocycles. The molecule has 0 fully saturated rings. The van der Waals surface area contributed by atoms with Crippen LogP contribution in [-0.2, 0) is 14.8 Å². The number of sulfonamides is 1. The van der Waals surface area contributed by atoms with Crippen LogP contribution in [-0.4, -0.2) is 19.9 Å². The topological polar surface area (TPSA) is 87.6 Å². The average molecular weight is 478 g/mol. The summed E-state index contributed by atoms with van der Waals surface area (Å²) in [4.78, 5) is 13.0. The van der Waals surface area contributed by atoms with Gasteiger partial charge in [0.2, 0.25) is 5.78 Å². The third-order valence-corrected chi connectivity index (χ3v) is 6.50. The van der Waals surface area contributed by atoms with E-state index in [1.807, 2.05) is 67.6 Å². The molecule has 33 heavy (non-hydrogen) atoms. The van der Waals surface area contributed by atoms with E-state index in [-0.39, 0.29) is 15.6 Å². The molecule has 0 amide bonds. The lowest BCUT2D eigenvalue weighted by Gasteiger charge is -2.22. The van der Waals surface area contributed by atoms with Crippen LogP contribution in [0.15, 0.2) is 117 Å². The first-order valence-electron chi connectivity index (χ1n) is 10.1. The Bertz CT molecular complexity index is 1380. The van der Waals surface area contributed by atoms with Gasteiger partial charge in [-0.3, -0.25) is 4.79 Å². The summed E-state index contributed by atoms with van der Waals surface area (Å²) in [6.07, 6.45) is 1.39. The lowest BCUT2D eigenvalue weighted by molar-refractivity contribution is -0.109. The van der Waals surface area contributed by atoms with Crippen molar-refractivity contribution in [3.63, 3.8) is 0 Å². The number of aryl methyl sites for hydroxylation is 1. The number of halogens is 1. The van der Waals surface area contributed by atoms with Crippen molar-refractivity contribution in [3.8, 4) is 0 Å². The standard InChI is InChI=1S/C25H20ClN3O3S/c1-17-12-14-20(15-13-17)33(31,32)29-22-16-21(27-18-8-4-2-5-9-18)24(23(26)25(22)30)28-19-10-6-3-7-11-19/h2-16,27-28H,1H3. The van der Waals surface area contributed by atoms with E-state index in [1.165, 1.54) is 18.2 Å². The van der Waals surface area contributed by atoms with E-state index in [2.05, 4.69) is 15.0 Å². The molecule has 0 aromatic heterocycles. The molecule has 1 aliphatic carbocycles. The third-order valence-electron chi connectivity index (χ3n) is 4.84. The molecule has 0 radical (unpaired) electrons. The number of Topliss-reactive ketones (excluding diaryl/α,β-unsaturated/α-hetero) is 1. The summed E-state index contributed by atoms with van der Waals surface area (Å²) >= 11 is 6.45. The van der Waals surface area contributed by atoms with Gasteiger partial charge in [-0.1, -0.05) is 65.7 Å². The van der Waals surface area contributed by atoms with Crippen LogP contribution in [0.1, 0.15) is 5.56 Å². The summed E-state index contributed by atoms with van der Waals surface area (Å²) < 4.78 is 29.5. The van der Waals surface area contributed by atoms with E-state index in [1.54, 1.807) is 12.1 Å². The number of allylic oxidation sites excluding steroid dienone is 2. The van der Waals surface area contributed by atoms with Crippen molar-refractivity contribution in [1.82, 2.24) is 0 Å². The van der Waals surface area contributed by atoms with Gasteiger partial charge in [0.15, 0.2) is 0 Å². The molecule has 8 heteroatoms. The number of rotatable bonds is 6. The summed E-state index contributed by atoms with van der Waals surface area (Å²) in [6.45, 7) is 1.85. The molecule has 166 valence electrons. The van der Waals surface area contributed by atoms with Gasteiger partial charge in [-0.25, -0.2) is 0 Å². The van der Waals surface area contributed by atoms with Gasteiger partial charge in [0, 0.05) is 11.4 Å². The van der Waals surface area contributed by atoms with Crippen molar-refractivity contribution in [2.45, 2.75) is 11.8 Å². The highest BCUT2D eigenvalue weighted by atomic mass is 35.5. The summed E-state index contributed by atoms with van der Waals surface area (Å²) in [5.74, 6) is -0.690. The van der Waals surface area contributed by atoms with Gasteiger partial charge in [-0.15, -0.1) is 0 Å². The van der Waals surface area contributed by atoms with E-state index < -0.39 is 15.8 Å². The average Bonchev–Trinajstić information content (AvgIpc) is 2.81. The van der Waals surface area contributed by atoms with Gasteiger partial charge in [0.05, 0.1) is 16.3 Å². The fourth-order valence-electron chi connectivity index (χ4n) is 3.14. The van der Waals surface area contributed by atoms with E-state index in [0.29, 0.717) is 17.1 Å². The molecule has 0 saturated carbocycles. The Balaban J connectivity index is 1.77. The van der Waals surface area contributed by atoms with Crippen LogP contribution in [0.2, 0.25) is 0 Å². The quantitative estimate of drug-likeness (QED) is 0.472. The van der Waals surface area contributed by atoms with Crippen molar-refractivity contribution >= 4 is 44.5 Å². The predicted molar refractivity (Wildman–Crippen MR) is 132 cm³/mol. The Labute approximate surface area is 197 Å². The molecule has 2 N–H and O–H groups in total. The van der Waals surface area contributed by atoms with Crippen molar-refractivity contribution in [1.29, 1.82) is 0 Å². The Kier molecular flexibility index (Phi) is 6.44. The van der Waals surface area contributed by atoms with Gasteiger partial charge >= 0.3 is 0 Å². The van der Waals surface area contributed by atoms with Gasteiger partial charge < -0.3 is 10.6 Å². The Morgan fingerprint density at radius 1 is 0.788 bits per heavy atom. The molecular formula is C25H20ClN3O3S. The second-order valence-electron chi connectivity index (χ2n) is 7.32. The van der Waals surface area contributed by atoms with E-state index in [0.717, 1.165) is 11.3 Å². The van der Waals surface area contributed by atoms with Crippen LogP contribution in [0.25, 0.3) is 0 Å². The molecule has 0 atom stereocenters. The van der Waals surface area contributed by atoms with E-state index in [4.69, 9.17) is 11.6 Å². The molecule has 4 rings (SSSR count). The third kappa shape index (κ3) is 5.22. The first-order chi connectivity index (χ1) is 15.8. The van der Waals surface area contributed by atoms with Crippen LogP contribution < -0.4 is 10.6 Å². The summed E-state index contributed by atoms with van der Waals surface area (Å²) in [5.41, 5.74) is 2.81. The lowest BCUT2D eigenvalue weighted by atomic mass is 10.0. The molecule has 0 heterocycles. The zero-order chi connectivity index (χ0) is 23.4. The molecular weight excluding hydrogens is 458 g/mol. The molecule has 0 bridgehead atoms. The normalized spacial score (nSPS) is 15.4. The van der Waals surface area contributed by atoms with Gasteiger partial charge in [0.1, 0.15) is 10.7 Å². The zero-order valence-corrected chi connectivity index (χ0v) is 19.2. The maximum absolute atomic E-state index is 13.0. The zero-order valence-electron chi connectivity index (χ0n) is 17.6. The van der Waals surface area contributed by atoms with E-state index >= 15 is 0 Å².